The zero-order valence-electron chi connectivity index (χ0n) is 13.6. The van der Waals surface area contributed by atoms with Crippen molar-refractivity contribution in [1.29, 1.82) is 0 Å². The van der Waals surface area contributed by atoms with E-state index in [1.165, 1.54) is 6.07 Å². The first kappa shape index (κ1) is 14.1. The number of hydrogen-bond acceptors (Lipinski definition) is 3. The third-order valence-electron chi connectivity index (χ3n) is 5.10. The van der Waals surface area contributed by atoms with E-state index in [4.69, 9.17) is 4.84 Å². The van der Waals surface area contributed by atoms with Gasteiger partial charge in [0.2, 0.25) is 5.72 Å². The maximum absolute atomic E-state index is 14.5. The van der Waals surface area contributed by atoms with Crippen LogP contribution in [0.5, 0.6) is 0 Å². The molecule has 3 nitrogen and oxygen atoms in total. The summed E-state index contributed by atoms with van der Waals surface area (Å²) < 4.78 is 14.5. The van der Waals surface area contributed by atoms with Gasteiger partial charge >= 0.3 is 0 Å². The van der Waals surface area contributed by atoms with E-state index < -0.39 is 5.72 Å². The second-order valence-corrected chi connectivity index (χ2v) is 7.20. The number of halogens is 1. The number of rotatable bonds is 1. The molecule has 0 aliphatic carbocycles. The van der Waals surface area contributed by atoms with Gasteiger partial charge in [-0.25, -0.2) is 4.39 Å². The van der Waals surface area contributed by atoms with Crippen LogP contribution >= 0.6 is 0 Å². The van der Waals surface area contributed by atoms with E-state index in [1.807, 2.05) is 41.6 Å². The zero-order chi connectivity index (χ0) is 16.5. The van der Waals surface area contributed by atoms with Crippen molar-refractivity contribution >= 4 is 10.9 Å². The van der Waals surface area contributed by atoms with Crippen molar-refractivity contribution < 1.29 is 9.23 Å². The molecule has 2 unspecified atom stereocenters. The molecule has 0 radical (unpaired) electrons. The summed E-state index contributed by atoms with van der Waals surface area (Å²) in [6.45, 7) is 4.16. The molecule has 3 aromatic rings. The second-order valence-electron chi connectivity index (χ2n) is 7.20. The molecule has 3 heterocycles. The van der Waals surface area contributed by atoms with Crippen LogP contribution in [0.15, 0.2) is 54.7 Å². The highest BCUT2D eigenvalue weighted by Crippen LogP contribution is 2.59. The van der Waals surface area contributed by atoms with Crippen LogP contribution < -0.4 is 0 Å². The lowest BCUT2D eigenvalue weighted by Gasteiger charge is -2.33. The highest BCUT2D eigenvalue weighted by Gasteiger charge is 2.67. The van der Waals surface area contributed by atoms with Gasteiger partial charge in [-0.05, 0) is 44.0 Å². The van der Waals surface area contributed by atoms with Crippen LogP contribution in [0.1, 0.15) is 30.5 Å². The maximum atomic E-state index is 14.5. The van der Waals surface area contributed by atoms with Gasteiger partial charge in [0.25, 0.3) is 0 Å². The molecule has 1 fully saturated rings. The van der Waals surface area contributed by atoms with E-state index in [0.717, 1.165) is 27.6 Å². The van der Waals surface area contributed by atoms with Crippen molar-refractivity contribution in [3.8, 4) is 0 Å². The first-order chi connectivity index (χ1) is 11.5. The van der Waals surface area contributed by atoms with Crippen LogP contribution in [0.25, 0.3) is 10.9 Å². The molecule has 2 aromatic carbocycles. The Labute approximate surface area is 139 Å². The van der Waals surface area contributed by atoms with E-state index >= 15 is 0 Å². The van der Waals surface area contributed by atoms with Gasteiger partial charge in [0.05, 0.1) is 5.52 Å². The fourth-order valence-electron chi connectivity index (χ4n) is 3.96. The number of benzene rings is 2. The molecule has 0 amide bonds. The normalized spacial score (nSPS) is 26.7. The van der Waals surface area contributed by atoms with Crippen molar-refractivity contribution in [2.24, 2.45) is 0 Å². The highest BCUT2D eigenvalue weighted by molar-refractivity contribution is 5.79. The summed E-state index contributed by atoms with van der Waals surface area (Å²) in [6.07, 6.45) is 2.47. The summed E-state index contributed by atoms with van der Waals surface area (Å²) in [5.74, 6) is -0.163. The SMILES string of the molecule is CC1(C)Cc2c(F)cccc2C2(c3cnc4ccccc4c3)ON12. The Kier molecular flexibility index (Phi) is 2.58. The third-order valence-corrected chi connectivity index (χ3v) is 5.10. The molecule has 4 heteroatoms. The Morgan fingerprint density at radius 3 is 2.83 bits per heavy atom. The monoisotopic (exact) mass is 320 g/mol. The van der Waals surface area contributed by atoms with Gasteiger partial charge in [-0.3, -0.25) is 9.82 Å². The smallest absolute Gasteiger partial charge is 0.218 e. The van der Waals surface area contributed by atoms with Gasteiger partial charge in [-0.15, -0.1) is 5.06 Å². The predicted molar refractivity (Wildman–Crippen MR) is 89.6 cm³/mol. The van der Waals surface area contributed by atoms with Crippen LogP contribution in [-0.4, -0.2) is 15.6 Å². The molecule has 0 N–H and O–H groups in total. The quantitative estimate of drug-likeness (QED) is 0.630. The molecule has 1 aromatic heterocycles. The number of hydrogen-bond donors (Lipinski definition) is 0. The van der Waals surface area contributed by atoms with E-state index in [1.54, 1.807) is 6.07 Å². The van der Waals surface area contributed by atoms with Crippen LogP contribution in [0.2, 0.25) is 0 Å². The number of aromatic nitrogens is 1. The number of pyridine rings is 1. The minimum atomic E-state index is -0.726. The lowest BCUT2D eigenvalue weighted by Crippen LogP contribution is -2.42. The first-order valence-corrected chi connectivity index (χ1v) is 8.15. The summed E-state index contributed by atoms with van der Waals surface area (Å²) in [6, 6.07) is 15.3. The number of para-hydroxylation sites is 1. The average Bonchev–Trinajstić information content (AvgIpc) is 3.34. The van der Waals surface area contributed by atoms with E-state index in [0.29, 0.717) is 6.42 Å². The molecular weight excluding hydrogens is 303 g/mol. The Morgan fingerprint density at radius 1 is 1.12 bits per heavy atom. The predicted octanol–water partition coefficient (Wildman–Crippen LogP) is 4.16. The van der Waals surface area contributed by atoms with Crippen LogP contribution in [0.4, 0.5) is 4.39 Å². The Morgan fingerprint density at radius 2 is 1.96 bits per heavy atom. The van der Waals surface area contributed by atoms with Crippen molar-refractivity contribution in [2.75, 3.05) is 0 Å². The average molecular weight is 320 g/mol. The lowest BCUT2D eigenvalue weighted by molar-refractivity contribution is 0.0865. The van der Waals surface area contributed by atoms with E-state index in [9.17, 15) is 4.39 Å². The van der Waals surface area contributed by atoms with Crippen LogP contribution in [-0.2, 0) is 17.0 Å². The topological polar surface area (TPSA) is 28.4 Å². The molecule has 120 valence electrons. The number of hydroxylamine groups is 2. The molecule has 0 bridgehead atoms. The second kappa shape index (κ2) is 4.41. The van der Waals surface area contributed by atoms with E-state index in [2.05, 4.69) is 24.9 Å². The van der Waals surface area contributed by atoms with Crippen molar-refractivity contribution in [3.05, 3.63) is 77.2 Å². The molecule has 0 spiro atoms. The molecule has 1 saturated heterocycles. The number of fused-ring (bicyclic) bond motifs is 4. The molecule has 2 aliphatic rings. The number of nitrogens with zero attached hydrogens (tertiary/aromatic N) is 2. The summed E-state index contributed by atoms with van der Waals surface area (Å²) >= 11 is 0. The zero-order valence-corrected chi connectivity index (χ0v) is 13.6. The van der Waals surface area contributed by atoms with Crippen molar-refractivity contribution in [3.63, 3.8) is 0 Å². The summed E-state index contributed by atoms with van der Waals surface area (Å²) in [7, 11) is 0. The maximum Gasteiger partial charge on any atom is 0.218 e. The van der Waals surface area contributed by atoms with Gasteiger partial charge in [-0.1, -0.05) is 30.3 Å². The van der Waals surface area contributed by atoms with Crippen molar-refractivity contribution in [2.45, 2.75) is 31.5 Å². The van der Waals surface area contributed by atoms with Gasteiger partial charge < -0.3 is 0 Å². The van der Waals surface area contributed by atoms with Gasteiger partial charge in [-0.2, -0.15) is 0 Å². The van der Waals surface area contributed by atoms with E-state index in [-0.39, 0.29) is 11.4 Å². The minimum absolute atomic E-state index is 0.163. The molecular formula is C20H17FN2O. The van der Waals surface area contributed by atoms with Gasteiger partial charge in [0.15, 0.2) is 0 Å². The summed E-state index contributed by atoms with van der Waals surface area (Å²) in [5, 5.41) is 3.04. The van der Waals surface area contributed by atoms with Crippen molar-refractivity contribution in [1.82, 2.24) is 10.0 Å². The highest BCUT2D eigenvalue weighted by atomic mass is 19.1. The molecule has 2 atom stereocenters. The van der Waals surface area contributed by atoms with Crippen LogP contribution in [0.3, 0.4) is 0 Å². The lowest BCUT2D eigenvalue weighted by atomic mass is 9.80. The van der Waals surface area contributed by atoms with Gasteiger partial charge in [0.1, 0.15) is 5.82 Å². The largest absolute Gasteiger partial charge is 0.260 e. The summed E-state index contributed by atoms with van der Waals surface area (Å²) in [4.78, 5) is 10.7. The first-order valence-electron chi connectivity index (χ1n) is 8.15. The fourth-order valence-corrected chi connectivity index (χ4v) is 3.96. The molecule has 24 heavy (non-hydrogen) atoms. The fraction of sp³-hybridized carbons (Fsp3) is 0.250. The summed E-state index contributed by atoms with van der Waals surface area (Å²) in [5.41, 5.74) is 2.51. The third kappa shape index (κ3) is 1.70. The Balaban J connectivity index is 1.77. The molecule has 2 aliphatic heterocycles. The van der Waals surface area contributed by atoms with Gasteiger partial charge in [0, 0.05) is 28.2 Å². The minimum Gasteiger partial charge on any atom is -0.260 e. The molecule has 0 saturated carbocycles. The molecule has 5 rings (SSSR count). The van der Waals surface area contributed by atoms with Crippen LogP contribution in [0, 0.1) is 5.82 Å². The Hall–Kier alpha value is -2.30. The standard InChI is InChI=1S/C20H17FN2O/c1-19(2)11-15-16(7-5-8-17(15)21)20(23(19)24-20)14-10-13-6-3-4-9-18(13)22-12-14/h3-10,12H,11H2,1-2H3. The Bertz CT molecular complexity index is 984.